The second-order valence-electron chi connectivity index (χ2n) is 9.14. The fourth-order valence-corrected chi connectivity index (χ4v) is 7.32. The molecule has 0 aliphatic heterocycles. The lowest BCUT2D eigenvalue weighted by atomic mass is 9.93. The molecule has 0 aromatic heterocycles. The molecule has 0 spiro atoms. The molecule has 0 N–H and O–H groups in total. The molecule has 0 atom stereocenters. The van der Waals surface area contributed by atoms with E-state index in [0.717, 1.165) is 0 Å². The minimum absolute atomic E-state index is 0.0779. The standard InChI is InChI=1S/C24H20F12O6P2/c25-21(26,27)11-39-43(37,40-12-22(28,29)30)9-19-15-5-1-2-6-16(15)20(18-8-4-3-7-17(18)19)10-44(38,41-13-23(31,32)33)42-14-24(34,35)36/h1-8H,9-14H2. The van der Waals surface area contributed by atoms with Crippen LogP contribution in [0.1, 0.15) is 11.1 Å². The Morgan fingerprint density at radius 2 is 0.636 bits per heavy atom. The third-order valence-electron chi connectivity index (χ3n) is 5.56. The molecule has 0 bridgehead atoms. The normalized spacial score (nSPS) is 14.1. The molecule has 3 rings (SSSR count). The largest absolute Gasteiger partial charge is 0.412 e. The van der Waals surface area contributed by atoms with Crippen molar-refractivity contribution in [3.63, 3.8) is 0 Å². The van der Waals surface area contributed by atoms with Crippen molar-refractivity contribution < 1.29 is 79.9 Å². The van der Waals surface area contributed by atoms with E-state index in [9.17, 15) is 61.8 Å². The summed E-state index contributed by atoms with van der Waals surface area (Å²) in [5, 5.41) is -0.312. The highest BCUT2D eigenvalue weighted by molar-refractivity contribution is 7.53. The Kier molecular flexibility index (Phi) is 10.8. The molecule has 0 aliphatic carbocycles. The van der Waals surface area contributed by atoms with Gasteiger partial charge in [-0.25, -0.2) is 0 Å². The van der Waals surface area contributed by atoms with Crippen LogP contribution in [-0.4, -0.2) is 51.1 Å². The van der Waals surface area contributed by atoms with Crippen LogP contribution in [0.25, 0.3) is 21.5 Å². The first-order valence-corrected chi connectivity index (χ1v) is 15.4. The zero-order valence-electron chi connectivity index (χ0n) is 21.7. The van der Waals surface area contributed by atoms with E-state index >= 15 is 0 Å². The average molecular weight is 694 g/mol. The van der Waals surface area contributed by atoms with Gasteiger partial charge in [0.15, 0.2) is 26.4 Å². The van der Waals surface area contributed by atoms with Crippen molar-refractivity contribution in [2.75, 3.05) is 26.4 Å². The summed E-state index contributed by atoms with van der Waals surface area (Å²) < 4.78 is 198. The lowest BCUT2D eigenvalue weighted by Gasteiger charge is -2.24. The molecule has 0 aliphatic rings. The van der Waals surface area contributed by atoms with Gasteiger partial charge in [0.25, 0.3) is 0 Å². The van der Waals surface area contributed by atoms with Gasteiger partial charge in [-0.15, -0.1) is 0 Å². The molecule has 3 aromatic carbocycles. The number of hydrogen-bond acceptors (Lipinski definition) is 6. The van der Waals surface area contributed by atoms with E-state index in [4.69, 9.17) is 0 Å². The van der Waals surface area contributed by atoms with E-state index in [1.54, 1.807) is 0 Å². The fourth-order valence-electron chi connectivity index (χ4n) is 3.98. The minimum atomic E-state index is -5.25. The van der Waals surface area contributed by atoms with Crippen LogP contribution >= 0.6 is 15.2 Å². The zero-order chi connectivity index (χ0) is 33.2. The number of hydrogen-bond donors (Lipinski definition) is 0. The van der Waals surface area contributed by atoms with Gasteiger partial charge in [0.05, 0.1) is 12.3 Å². The molecule has 0 unspecified atom stereocenters. The average Bonchev–Trinajstić information content (AvgIpc) is 2.89. The van der Waals surface area contributed by atoms with Crippen LogP contribution in [-0.2, 0) is 39.5 Å². The van der Waals surface area contributed by atoms with Gasteiger partial charge < -0.3 is 0 Å². The van der Waals surface area contributed by atoms with Crippen LogP contribution in [0.5, 0.6) is 0 Å². The summed E-state index contributed by atoms with van der Waals surface area (Å²) in [6.45, 7) is -8.97. The molecule has 0 saturated carbocycles. The summed E-state index contributed by atoms with van der Waals surface area (Å²) in [5.74, 6) is 0. The zero-order valence-corrected chi connectivity index (χ0v) is 23.5. The second kappa shape index (κ2) is 13.2. The van der Waals surface area contributed by atoms with Crippen molar-refractivity contribution in [1.29, 1.82) is 0 Å². The van der Waals surface area contributed by atoms with Gasteiger partial charge in [0.1, 0.15) is 0 Å². The Morgan fingerprint density at radius 3 is 0.818 bits per heavy atom. The first-order valence-electron chi connectivity index (χ1n) is 11.9. The molecule has 44 heavy (non-hydrogen) atoms. The van der Waals surface area contributed by atoms with Gasteiger partial charge in [-0.2, -0.15) is 52.7 Å². The molecule has 0 saturated heterocycles. The highest BCUT2D eigenvalue weighted by Gasteiger charge is 2.41. The van der Waals surface area contributed by atoms with E-state index in [2.05, 4.69) is 18.1 Å². The van der Waals surface area contributed by atoms with Crippen LogP contribution in [0.3, 0.4) is 0 Å². The predicted molar refractivity (Wildman–Crippen MR) is 132 cm³/mol. The van der Waals surface area contributed by atoms with Gasteiger partial charge in [-0.05, 0) is 32.7 Å². The first-order chi connectivity index (χ1) is 20.0. The molecule has 246 valence electrons. The van der Waals surface area contributed by atoms with Gasteiger partial charge in [-0.1, -0.05) is 48.5 Å². The third-order valence-corrected chi connectivity index (χ3v) is 9.05. The number of halogens is 12. The Hall–Kier alpha value is -2.36. The molecule has 20 heteroatoms. The van der Waals surface area contributed by atoms with Crippen molar-refractivity contribution in [2.45, 2.75) is 37.0 Å². The Balaban J connectivity index is 2.20. The van der Waals surface area contributed by atoms with Crippen molar-refractivity contribution in [1.82, 2.24) is 0 Å². The molecular weight excluding hydrogens is 674 g/mol. The molecule has 6 nitrogen and oxygen atoms in total. The Bertz CT molecular complexity index is 1330. The molecule has 0 amide bonds. The van der Waals surface area contributed by atoms with Gasteiger partial charge in [-0.3, -0.25) is 27.2 Å². The second-order valence-corrected chi connectivity index (χ2v) is 13.2. The van der Waals surface area contributed by atoms with Crippen molar-refractivity contribution >= 4 is 36.7 Å². The van der Waals surface area contributed by atoms with Crippen LogP contribution in [0.15, 0.2) is 48.5 Å². The van der Waals surface area contributed by atoms with Gasteiger partial charge >= 0.3 is 39.9 Å². The van der Waals surface area contributed by atoms with Crippen molar-refractivity contribution in [3.05, 3.63) is 59.7 Å². The SMILES string of the molecule is O=P(Cc1c2ccccc2c(CP(=O)(OCC(F)(F)F)OCC(F)(F)F)c2ccccc12)(OCC(F)(F)F)OCC(F)(F)F. The number of benzene rings is 3. The Morgan fingerprint density at radius 1 is 0.432 bits per heavy atom. The predicted octanol–water partition coefficient (Wildman–Crippen LogP) is 9.69. The minimum Gasteiger partial charge on any atom is -0.299 e. The third kappa shape index (κ3) is 10.9. The fraction of sp³-hybridized carbons (Fsp3) is 0.417. The quantitative estimate of drug-likeness (QED) is 0.107. The number of fused-ring (bicyclic) bond motifs is 2. The highest BCUT2D eigenvalue weighted by atomic mass is 31.2. The van der Waals surface area contributed by atoms with Crippen LogP contribution in [0, 0.1) is 0 Å². The first kappa shape index (κ1) is 36.1. The molecule has 0 fully saturated rings. The van der Waals surface area contributed by atoms with E-state index in [1.807, 2.05) is 0 Å². The smallest absolute Gasteiger partial charge is 0.299 e. The number of alkyl halides is 12. The molecule has 0 heterocycles. The lowest BCUT2D eigenvalue weighted by molar-refractivity contribution is -0.166. The van der Waals surface area contributed by atoms with Gasteiger partial charge in [0.2, 0.25) is 0 Å². The summed E-state index contributed by atoms with van der Waals surface area (Å²) in [5.41, 5.74) is -0.398. The summed E-state index contributed by atoms with van der Waals surface area (Å²) in [6, 6.07) is 10.2. The van der Waals surface area contributed by atoms with Gasteiger partial charge in [0, 0.05) is 0 Å². The molecule has 0 radical (unpaired) electrons. The maximum atomic E-state index is 13.3. The lowest BCUT2D eigenvalue weighted by Crippen LogP contribution is -2.20. The van der Waals surface area contributed by atoms with Crippen molar-refractivity contribution in [3.8, 4) is 0 Å². The molecular formula is C24H20F12O6P2. The van der Waals surface area contributed by atoms with Crippen LogP contribution < -0.4 is 0 Å². The van der Waals surface area contributed by atoms with E-state index < -0.39 is 78.6 Å². The molecule has 3 aromatic rings. The highest BCUT2D eigenvalue weighted by Crippen LogP contribution is 2.58. The van der Waals surface area contributed by atoms with E-state index in [0.29, 0.717) is 0 Å². The van der Waals surface area contributed by atoms with E-state index in [-0.39, 0.29) is 32.7 Å². The summed E-state index contributed by atoms with van der Waals surface area (Å²) >= 11 is 0. The maximum absolute atomic E-state index is 13.3. The Labute approximate surface area is 240 Å². The topological polar surface area (TPSA) is 71.1 Å². The summed E-state index contributed by atoms with van der Waals surface area (Å²) in [4.78, 5) is 0. The van der Waals surface area contributed by atoms with Crippen LogP contribution in [0.4, 0.5) is 52.7 Å². The van der Waals surface area contributed by atoms with E-state index in [1.165, 1.54) is 48.5 Å². The summed E-state index contributed by atoms with van der Waals surface area (Å²) in [6.07, 6.45) is -22.8. The number of rotatable bonds is 12. The van der Waals surface area contributed by atoms with Crippen LogP contribution in [0.2, 0.25) is 0 Å². The maximum Gasteiger partial charge on any atom is 0.412 e. The monoisotopic (exact) mass is 694 g/mol. The summed E-state index contributed by atoms with van der Waals surface area (Å²) in [7, 11) is -10.5. The van der Waals surface area contributed by atoms with Crippen molar-refractivity contribution in [2.24, 2.45) is 0 Å².